The number of anilines is 2. The van der Waals surface area contributed by atoms with E-state index in [4.69, 9.17) is 11.5 Å². The van der Waals surface area contributed by atoms with Crippen molar-refractivity contribution < 1.29 is 0 Å². The fourth-order valence-corrected chi connectivity index (χ4v) is 1.79. The van der Waals surface area contributed by atoms with Gasteiger partial charge in [0, 0.05) is 19.6 Å². The molecule has 0 spiro atoms. The van der Waals surface area contributed by atoms with E-state index < -0.39 is 0 Å². The van der Waals surface area contributed by atoms with Gasteiger partial charge < -0.3 is 11.5 Å². The van der Waals surface area contributed by atoms with Gasteiger partial charge in [-0.3, -0.25) is 4.90 Å². The highest BCUT2D eigenvalue weighted by Gasteiger charge is 2.10. The molecule has 4 N–H and O–H groups in total. The molecule has 3 nitrogen and oxygen atoms in total. The molecule has 3 heteroatoms. The van der Waals surface area contributed by atoms with Gasteiger partial charge in [-0.2, -0.15) is 0 Å². The highest BCUT2D eigenvalue weighted by molar-refractivity contribution is 5.69. The van der Waals surface area contributed by atoms with E-state index in [0.29, 0.717) is 11.4 Å². The zero-order valence-electron chi connectivity index (χ0n) is 10.4. The second-order valence-corrected chi connectivity index (χ2v) is 4.14. The van der Waals surface area contributed by atoms with E-state index >= 15 is 0 Å². The maximum Gasteiger partial charge on any atom is 0.0596 e. The van der Waals surface area contributed by atoms with Gasteiger partial charge in [0.2, 0.25) is 0 Å². The smallest absolute Gasteiger partial charge is 0.0596 e. The first-order valence-corrected chi connectivity index (χ1v) is 5.67. The second-order valence-electron chi connectivity index (χ2n) is 4.14. The quantitative estimate of drug-likeness (QED) is 0.583. The lowest BCUT2D eigenvalue weighted by atomic mass is 10.0. The van der Waals surface area contributed by atoms with Crippen LogP contribution >= 0.6 is 0 Å². The van der Waals surface area contributed by atoms with Crippen molar-refractivity contribution in [1.29, 1.82) is 0 Å². The first-order chi connectivity index (χ1) is 8.10. The van der Waals surface area contributed by atoms with Crippen LogP contribution in [0.4, 0.5) is 11.4 Å². The number of aryl methyl sites for hydroxylation is 1. The van der Waals surface area contributed by atoms with Crippen LogP contribution in [-0.2, 0) is 6.54 Å². The van der Waals surface area contributed by atoms with E-state index in [1.165, 1.54) is 0 Å². The number of nitrogens with zero attached hydrogens (tertiary/aromatic N) is 1. The van der Waals surface area contributed by atoms with Crippen molar-refractivity contribution >= 4 is 11.4 Å². The molecular formula is C14H21N3. The molecule has 0 radical (unpaired) electrons. The van der Waals surface area contributed by atoms with Gasteiger partial charge in [0.25, 0.3) is 0 Å². The molecular weight excluding hydrogens is 210 g/mol. The van der Waals surface area contributed by atoms with Crippen LogP contribution in [-0.4, -0.2) is 18.0 Å². The Bertz CT molecular complexity index is 400. The maximum absolute atomic E-state index is 6.02. The largest absolute Gasteiger partial charge is 0.397 e. The van der Waals surface area contributed by atoms with E-state index in [0.717, 1.165) is 30.8 Å². The van der Waals surface area contributed by atoms with E-state index in [2.05, 4.69) is 18.1 Å². The van der Waals surface area contributed by atoms with Crippen LogP contribution in [0.5, 0.6) is 0 Å². The van der Waals surface area contributed by atoms with Crippen LogP contribution in [0.15, 0.2) is 37.4 Å². The highest BCUT2D eigenvalue weighted by Crippen LogP contribution is 2.24. The maximum atomic E-state index is 6.02. The normalized spacial score (nSPS) is 10.5. The van der Waals surface area contributed by atoms with E-state index in [1.54, 1.807) is 0 Å². The van der Waals surface area contributed by atoms with Crippen molar-refractivity contribution in [2.45, 2.75) is 13.5 Å². The van der Waals surface area contributed by atoms with Gasteiger partial charge in [0.1, 0.15) is 0 Å². The number of nitrogens with two attached hydrogens (primary N) is 2. The molecule has 0 saturated heterocycles. The standard InChI is InChI=1S/C14H21N3/c1-4-8-17(9-5-2)10-12-11(3)6-7-13(15)14(12)16/h4-7H,1-2,8-10,15-16H2,3H3. The van der Waals surface area contributed by atoms with Crippen molar-refractivity contribution in [2.75, 3.05) is 24.6 Å². The van der Waals surface area contributed by atoms with Gasteiger partial charge >= 0.3 is 0 Å². The second kappa shape index (κ2) is 6.11. The van der Waals surface area contributed by atoms with Crippen LogP contribution in [0.1, 0.15) is 11.1 Å². The van der Waals surface area contributed by atoms with Gasteiger partial charge in [-0.15, -0.1) is 13.2 Å². The van der Waals surface area contributed by atoms with E-state index in [1.807, 2.05) is 31.2 Å². The Morgan fingerprint density at radius 3 is 2.29 bits per heavy atom. The third-order valence-corrected chi connectivity index (χ3v) is 2.78. The fourth-order valence-electron chi connectivity index (χ4n) is 1.79. The molecule has 0 fully saturated rings. The lowest BCUT2D eigenvalue weighted by Gasteiger charge is -2.21. The van der Waals surface area contributed by atoms with Gasteiger partial charge in [0.15, 0.2) is 0 Å². The summed E-state index contributed by atoms with van der Waals surface area (Å²) in [6, 6.07) is 3.85. The Labute approximate surface area is 103 Å². The fraction of sp³-hybridized carbons (Fsp3) is 0.286. The molecule has 0 unspecified atom stereocenters. The van der Waals surface area contributed by atoms with Crippen LogP contribution in [0.3, 0.4) is 0 Å². The number of rotatable bonds is 6. The molecule has 0 aliphatic rings. The molecule has 1 aromatic carbocycles. The Morgan fingerprint density at radius 2 is 1.76 bits per heavy atom. The van der Waals surface area contributed by atoms with Gasteiger partial charge in [-0.05, 0) is 24.1 Å². The summed E-state index contributed by atoms with van der Waals surface area (Å²) in [6.45, 7) is 11.9. The predicted octanol–water partition coefficient (Wildman–Crippen LogP) is 2.33. The summed E-state index contributed by atoms with van der Waals surface area (Å²) in [5, 5.41) is 0. The minimum atomic E-state index is 0.641. The number of benzene rings is 1. The topological polar surface area (TPSA) is 55.3 Å². The zero-order valence-corrected chi connectivity index (χ0v) is 10.4. The summed E-state index contributed by atoms with van der Waals surface area (Å²) in [6.07, 6.45) is 3.75. The molecule has 1 rings (SSSR count). The van der Waals surface area contributed by atoms with Gasteiger partial charge in [-0.1, -0.05) is 18.2 Å². The van der Waals surface area contributed by atoms with E-state index in [9.17, 15) is 0 Å². The Hall–Kier alpha value is -1.74. The summed E-state index contributed by atoms with van der Waals surface area (Å²) >= 11 is 0. The summed E-state index contributed by atoms with van der Waals surface area (Å²) in [5.74, 6) is 0. The summed E-state index contributed by atoms with van der Waals surface area (Å²) < 4.78 is 0. The molecule has 0 atom stereocenters. The minimum Gasteiger partial charge on any atom is -0.397 e. The number of hydrogen-bond acceptors (Lipinski definition) is 3. The average molecular weight is 231 g/mol. The van der Waals surface area contributed by atoms with Crippen LogP contribution in [0.25, 0.3) is 0 Å². The van der Waals surface area contributed by atoms with Gasteiger partial charge in [-0.25, -0.2) is 0 Å². The van der Waals surface area contributed by atoms with Crippen molar-refractivity contribution in [3.63, 3.8) is 0 Å². The Kier molecular flexibility index (Phi) is 4.79. The van der Waals surface area contributed by atoms with Gasteiger partial charge in [0.05, 0.1) is 11.4 Å². The van der Waals surface area contributed by atoms with Crippen LogP contribution in [0, 0.1) is 6.92 Å². The van der Waals surface area contributed by atoms with Crippen molar-refractivity contribution in [1.82, 2.24) is 4.90 Å². The van der Waals surface area contributed by atoms with Crippen LogP contribution < -0.4 is 11.5 Å². The van der Waals surface area contributed by atoms with Crippen molar-refractivity contribution in [2.24, 2.45) is 0 Å². The summed E-state index contributed by atoms with van der Waals surface area (Å²) in [4.78, 5) is 2.21. The average Bonchev–Trinajstić information content (AvgIpc) is 2.30. The minimum absolute atomic E-state index is 0.641. The lowest BCUT2D eigenvalue weighted by molar-refractivity contribution is 0.327. The molecule has 0 aromatic heterocycles. The highest BCUT2D eigenvalue weighted by atomic mass is 15.1. The molecule has 17 heavy (non-hydrogen) atoms. The number of hydrogen-bond donors (Lipinski definition) is 2. The molecule has 1 aromatic rings. The molecule has 0 aliphatic carbocycles. The first-order valence-electron chi connectivity index (χ1n) is 5.67. The third kappa shape index (κ3) is 3.36. The van der Waals surface area contributed by atoms with Crippen LogP contribution in [0.2, 0.25) is 0 Å². The molecule has 0 aliphatic heterocycles. The van der Waals surface area contributed by atoms with E-state index in [-0.39, 0.29) is 0 Å². The molecule has 0 saturated carbocycles. The molecule has 0 heterocycles. The first kappa shape index (κ1) is 13.3. The zero-order chi connectivity index (χ0) is 12.8. The lowest BCUT2D eigenvalue weighted by Crippen LogP contribution is -2.24. The van der Waals surface area contributed by atoms with Crippen molar-refractivity contribution in [3.05, 3.63) is 48.6 Å². The third-order valence-electron chi connectivity index (χ3n) is 2.78. The summed E-state index contributed by atoms with van der Waals surface area (Å²) in [7, 11) is 0. The Balaban J connectivity index is 2.95. The Morgan fingerprint density at radius 1 is 1.18 bits per heavy atom. The molecule has 92 valence electrons. The monoisotopic (exact) mass is 231 g/mol. The predicted molar refractivity (Wildman–Crippen MR) is 75.7 cm³/mol. The SMILES string of the molecule is C=CCN(CC=C)Cc1c(C)ccc(N)c1N. The number of nitrogen functional groups attached to an aromatic ring is 2. The molecule has 0 bridgehead atoms. The molecule has 0 amide bonds. The van der Waals surface area contributed by atoms with Crippen molar-refractivity contribution in [3.8, 4) is 0 Å². The summed E-state index contributed by atoms with van der Waals surface area (Å²) in [5.41, 5.74) is 15.4.